The van der Waals surface area contributed by atoms with Gasteiger partial charge in [-0.25, -0.2) is 18.1 Å². The highest BCUT2D eigenvalue weighted by atomic mass is 32.2. The fourth-order valence-corrected chi connectivity index (χ4v) is 3.70. The molecule has 1 aliphatic rings. The molecule has 1 heterocycles. The third-order valence-corrected chi connectivity index (χ3v) is 5.32. The number of aromatic amines is 1. The average molecular weight is 285 g/mol. The van der Waals surface area contributed by atoms with Crippen LogP contribution in [-0.2, 0) is 16.4 Å². The van der Waals surface area contributed by atoms with Gasteiger partial charge in [0.1, 0.15) is 5.82 Å². The number of nitrogens with one attached hydrogen (secondary N) is 2. The second kappa shape index (κ2) is 5.25. The molecule has 108 valence electrons. The minimum Gasteiger partial charge on any atom is -0.332 e. The van der Waals surface area contributed by atoms with Crippen molar-refractivity contribution in [2.45, 2.75) is 63.9 Å². The van der Waals surface area contributed by atoms with Crippen LogP contribution < -0.4 is 4.72 Å². The predicted octanol–water partition coefficient (Wildman–Crippen LogP) is 2.22. The molecule has 6 heteroatoms. The number of nitrogens with zero attached hydrogens (tertiary/aromatic N) is 1. The van der Waals surface area contributed by atoms with Crippen LogP contribution in [0.25, 0.3) is 0 Å². The SMILES string of the molecule is CCc1ncc(S(=O)(=O)NC2CCC(C)(C)CC2)[nH]1. The van der Waals surface area contributed by atoms with Gasteiger partial charge in [0, 0.05) is 12.5 Å². The van der Waals surface area contributed by atoms with E-state index < -0.39 is 10.0 Å². The van der Waals surface area contributed by atoms with Crippen LogP contribution in [0, 0.1) is 5.41 Å². The Balaban J connectivity index is 2.02. The monoisotopic (exact) mass is 285 g/mol. The van der Waals surface area contributed by atoms with Gasteiger partial charge in [0.2, 0.25) is 0 Å². The lowest BCUT2D eigenvalue weighted by Crippen LogP contribution is -2.39. The maximum atomic E-state index is 12.2. The molecule has 0 radical (unpaired) electrons. The Morgan fingerprint density at radius 1 is 1.42 bits per heavy atom. The number of aromatic nitrogens is 2. The smallest absolute Gasteiger partial charge is 0.257 e. The summed E-state index contributed by atoms with van der Waals surface area (Å²) in [6, 6.07) is 0.0476. The van der Waals surface area contributed by atoms with Crippen LogP contribution >= 0.6 is 0 Å². The Morgan fingerprint density at radius 3 is 2.58 bits per heavy atom. The third-order valence-electron chi connectivity index (χ3n) is 3.89. The van der Waals surface area contributed by atoms with Crippen molar-refractivity contribution < 1.29 is 8.42 Å². The van der Waals surface area contributed by atoms with Gasteiger partial charge >= 0.3 is 0 Å². The van der Waals surface area contributed by atoms with Gasteiger partial charge in [-0.05, 0) is 31.1 Å². The molecule has 0 amide bonds. The van der Waals surface area contributed by atoms with Crippen molar-refractivity contribution in [1.82, 2.24) is 14.7 Å². The molecule has 0 aromatic carbocycles. The normalized spacial score (nSPS) is 20.6. The molecular formula is C13H23N3O2S. The Labute approximate surface area is 115 Å². The van der Waals surface area contributed by atoms with Crippen LogP contribution in [0.5, 0.6) is 0 Å². The van der Waals surface area contributed by atoms with Crippen molar-refractivity contribution in [3.63, 3.8) is 0 Å². The van der Waals surface area contributed by atoms with Gasteiger partial charge in [-0.1, -0.05) is 20.8 Å². The van der Waals surface area contributed by atoms with Gasteiger partial charge in [0.25, 0.3) is 10.0 Å². The predicted molar refractivity (Wildman–Crippen MR) is 74.3 cm³/mol. The summed E-state index contributed by atoms with van der Waals surface area (Å²) >= 11 is 0. The number of rotatable bonds is 4. The summed E-state index contributed by atoms with van der Waals surface area (Å²) in [6.07, 6.45) is 6.02. The highest BCUT2D eigenvalue weighted by molar-refractivity contribution is 7.89. The van der Waals surface area contributed by atoms with Crippen LogP contribution in [0.4, 0.5) is 0 Å². The summed E-state index contributed by atoms with van der Waals surface area (Å²) < 4.78 is 27.2. The molecular weight excluding hydrogens is 262 g/mol. The largest absolute Gasteiger partial charge is 0.332 e. The highest BCUT2D eigenvalue weighted by Gasteiger charge is 2.30. The number of imidazole rings is 1. The first kappa shape index (κ1) is 14.5. The molecule has 1 fully saturated rings. The molecule has 0 unspecified atom stereocenters. The number of aryl methyl sites for hydroxylation is 1. The molecule has 0 saturated heterocycles. The lowest BCUT2D eigenvalue weighted by Gasteiger charge is -2.34. The Kier molecular flexibility index (Phi) is 4.01. The van der Waals surface area contributed by atoms with E-state index >= 15 is 0 Å². The second-order valence-electron chi connectivity index (χ2n) is 6.11. The molecule has 1 aromatic heterocycles. The molecule has 5 nitrogen and oxygen atoms in total. The molecule has 19 heavy (non-hydrogen) atoms. The van der Waals surface area contributed by atoms with Crippen LogP contribution in [0.1, 0.15) is 52.3 Å². The first-order chi connectivity index (χ1) is 8.82. The van der Waals surface area contributed by atoms with Gasteiger partial charge in [0.15, 0.2) is 5.03 Å². The number of sulfonamides is 1. The van der Waals surface area contributed by atoms with Crippen LogP contribution in [0.2, 0.25) is 0 Å². The van der Waals surface area contributed by atoms with E-state index in [-0.39, 0.29) is 11.1 Å². The molecule has 1 saturated carbocycles. The van der Waals surface area contributed by atoms with Gasteiger partial charge < -0.3 is 4.98 Å². The Morgan fingerprint density at radius 2 is 2.05 bits per heavy atom. The van der Waals surface area contributed by atoms with Crippen molar-refractivity contribution >= 4 is 10.0 Å². The van der Waals surface area contributed by atoms with E-state index in [4.69, 9.17) is 0 Å². The summed E-state index contributed by atoms with van der Waals surface area (Å²) in [7, 11) is -3.45. The van der Waals surface area contributed by atoms with E-state index in [2.05, 4.69) is 28.5 Å². The summed E-state index contributed by atoms with van der Waals surface area (Å²) in [6.45, 7) is 6.41. The summed E-state index contributed by atoms with van der Waals surface area (Å²) in [4.78, 5) is 6.89. The topological polar surface area (TPSA) is 74.8 Å². The minimum absolute atomic E-state index is 0.0476. The van der Waals surface area contributed by atoms with E-state index in [1.165, 1.54) is 6.20 Å². The van der Waals surface area contributed by atoms with E-state index in [1.54, 1.807) is 0 Å². The average Bonchev–Trinajstić information content (AvgIpc) is 2.81. The number of hydrogen-bond acceptors (Lipinski definition) is 3. The highest BCUT2D eigenvalue weighted by Crippen LogP contribution is 2.35. The van der Waals surface area contributed by atoms with Gasteiger partial charge in [0.05, 0.1) is 6.20 Å². The maximum Gasteiger partial charge on any atom is 0.257 e. The molecule has 0 spiro atoms. The minimum atomic E-state index is -3.45. The Bertz CT molecular complexity index is 524. The first-order valence-corrected chi connectivity index (χ1v) is 8.37. The lowest BCUT2D eigenvalue weighted by atomic mass is 9.76. The summed E-state index contributed by atoms with van der Waals surface area (Å²) in [5.74, 6) is 0.699. The van der Waals surface area contributed by atoms with Crippen molar-refractivity contribution in [2.24, 2.45) is 5.41 Å². The fraction of sp³-hybridized carbons (Fsp3) is 0.769. The van der Waals surface area contributed by atoms with Gasteiger partial charge in [-0.2, -0.15) is 0 Å². The standard InChI is InChI=1S/C13H23N3O2S/c1-4-11-14-9-12(15-11)19(17,18)16-10-5-7-13(2,3)8-6-10/h9-10,16H,4-8H2,1-3H3,(H,14,15). The van der Waals surface area contributed by atoms with E-state index in [0.717, 1.165) is 25.7 Å². The van der Waals surface area contributed by atoms with Crippen LogP contribution in [0.3, 0.4) is 0 Å². The molecule has 1 aliphatic carbocycles. The zero-order valence-corrected chi connectivity index (χ0v) is 12.7. The van der Waals surface area contributed by atoms with E-state index in [0.29, 0.717) is 17.7 Å². The molecule has 0 bridgehead atoms. The molecule has 2 N–H and O–H groups in total. The zero-order valence-electron chi connectivity index (χ0n) is 11.9. The van der Waals surface area contributed by atoms with E-state index in [1.807, 2.05) is 6.92 Å². The quantitative estimate of drug-likeness (QED) is 0.890. The maximum absolute atomic E-state index is 12.2. The first-order valence-electron chi connectivity index (χ1n) is 6.89. The Hall–Kier alpha value is -0.880. The molecule has 0 atom stereocenters. The number of H-pyrrole nitrogens is 1. The van der Waals surface area contributed by atoms with Gasteiger partial charge in [-0.15, -0.1) is 0 Å². The zero-order chi connectivity index (χ0) is 14.1. The summed E-state index contributed by atoms with van der Waals surface area (Å²) in [5, 5.41) is 0.175. The second-order valence-corrected chi connectivity index (χ2v) is 7.79. The van der Waals surface area contributed by atoms with E-state index in [9.17, 15) is 8.42 Å². The van der Waals surface area contributed by atoms with Crippen LogP contribution in [0.15, 0.2) is 11.2 Å². The third kappa shape index (κ3) is 3.57. The number of hydrogen-bond donors (Lipinski definition) is 2. The van der Waals surface area contributed by atoms with Crippen molar-refractivity contribution in [3.8, 4) is 0 Å². The molecule has 2 rings (SSSR count). The van der Waals surface area contributed by atoms with Crippen molar-refractivity contribution in [3.05, 3.63) is 12.0 Å². The van der Waals surface area contributed by atoms with Crippen LogP contribution in [-0.4, -0.2) is 24.4 Å². The van der Waals surface area contributed by atoms with Gasteiger partial charge in [-0.3, -0.25) is 0 Å². The van der Waals surface area contributed by atoms with Crippen molar-refractivity contribution in [2.75, 3.05) is 0 Å². The summed E-state index contributed by atoms with van der Waals surface area (Å²) in [5.41, 5.74) is 0.339. The fourth-order valence-electron chi connectivity index (χ4n) is 2.46. The molecule has 0 aliphatic heterocycles. The molecule has 1 aromatic rings. The lowest BCUT2D eigenvalue weighted by molar-refractivity contribution is 0.218. The van der Waals surface area contributed by atoms with Crippen molar-refractivity contribution in [1.29, 1.82) is 0 Å².